The molecule has 0 amide bonds. The van der Waals surface area contributed by atoms with E-state index < -0.39 is 6.04 Å². The Kier molecular flexibility index (Phi) is 2.53. The minimum absolute atomic E-state index is 0.00811. The zero-order valence-corrected chi connectivity index (χ0v) is 10.3. The molecule has 0 heterocycles. The Balaban J connectivity index is 2.06. The van der Waals surface area contributed by atoms with Gasteiger partial charge in [0, 0.05) is 5.56 Å². The van der Waals surface area contributed by atoms with Crippen LogP contribution in [0.5, 0.6) is 0 Å². The molecule has 2 aromatic carbocycles. The topological polar surface area (TPSA) is 43.1 Å². The SMILES string of the molecule is CC(N)C(=O)c1ccc2c(c1)Cc1ccccc1-2. The van der Waals surface area contributed by atoms with Crippen molar-refractivity contribution < 1.29 is 4.79 Å². The molecule has 1 aliphatic carbocycles. The lowest BCUT2D eigenvalue weighted by Gasteiger charge is -2.07. The van der Waals surface area contributed by atoms with Gasteiger partial charge in [0.15, 0.2) is 5.78 Å². The summed E-state index contributed by atoms with van der Waals surface area (Å²) in [4.78, 5) is 11.9. The molecule has 2 heteroatoms. The van der Waals surface area contributed by atoms with Gasteiger partial charge in [0.25, 0.3) is 0 Å². The molecule has 0 radical (unpaired) electrons. The summed E-state index contributed by atoms with van der Waals surface area (Å²) in [7, 11) is 0. The molecule has 0 spiro atoms. The van der Waals surface area contributed by atoms with Gasteiger partial charge in [-0.15, -0.1) is 0 Å². The Morgan fingerprint density at radius 2 is 1.83 bits per heavy atom. The fourth-order valence-electron chi connectivity index (χ4n) is 2.56. The molecule has 3 rings (SSSR count). The van der Waals surface area contributed by atoms with Crippen LogP contribution in [0.1, 0.15) is 28.4 Å². The van der Waals surface area contributed by atoms with Crippen LogP contribution in [0.3, 0.4) is 0 Å². The molecular weight excluding hydrogens is 222 g/mol. The monoisotopic (exact) mass is 237 g/mol. The molecule has 0 saturated carbocycles. The number of fused-ring (bicyclic) bond motifs is 3. The van der Waals surface area contributed by atoms with Gasteiger partial charge in [-0.2, -0.15) is 0 Å². The molecule has 0 aromatic heterocycles. The second-order valence-electron chi connectivity index (χ2n) is 4.86. The van der Waals surface area contributed by atoms with E-state index in [4.69, 9.17) is 5.73 Å². The third-order valence-electron chi connectivity index (χ3n) is 3.49. The number of hydrogen-bond donors (Lipinski definition) is 1. The molecule has 0 fully saturated rings. The fraction of sp³-hybridized carbons (Fsp3) is 0.188. The molecule has 1 unspecified atom stereocenters. The summed E-state index contributed by atoms with van der Waals surface area (Å²) in [5.74, 6) is 0.00811. The number of carbonyl (C=O) groups is 1. The highest BCUT2D eigenvalue weighted by Crippen LogP contribution is 2.36. The maximum absolute atomic E-state index is 11.9. The Bertz CT molecular complexity index is 629. The molecule has 0 aliphatic heterocycles. The predicted molar refractivity (Wildman–Crippen MR) is 72.7 cm³/mol. The summed E-state index contributed by atoms with van der Waals surface area (Å²) in [5.41, 5.74) is 11.4. The molecule has 0 bridgehead atoms. The number of ketones is 1. The van der Waals surface area contributed by atoms with Crippen LogP contribution in [0, 0.1) is 0 Å². The second-order valence-corrected chi connectivity index (χ2v) is 4.86. The average molecular weight is 237 g/mol. The van der Waals surface area contributed by atoms with Gasteiger partial charge >= 0.3 is 0 Å². The Hall–Kier alpha value is -1.93. The van der Waals surface area contributed by atoms with Gasteiger partial charge in [-0.3, -0.25) is 4.79 Å². The van der Waals surface area contributed by atoms with Crippen LogP contribution in [0.4, 0.5) is 0 Å². The Labute approximate surface area is 106 Å². The average Bonchev–Trinajstić information content (AvgIpc) is 2.75. The standard InChI is InChI=1S/C16H15NO/c1-10(17)16(18)12-6-7-15-13(9-12)8-11-4-2-3-5-14(11)15/h2-7,9-10H,8,17H2,1H3. The zero-order chi connectivity index (χ0) is 12.7. The lowest BCUT2D eigenvalue weighted by Crippen LogP contribution is -2.26. The van der Waals surface area contributed by atoms with Crippen LogP contribution < -0.4 is 5.73 Å². The predicted octanol–water partition coefficient (Wildman–Crippen LogP) is 2.79. The first-order valence-electron chi connectivity index (χ1n) is 6.18. The van der Waals surface area contributed by atoms with E-state index in [1.165, 1.54) is 22.3 Å². The molecule has 2 nitrogen and oxygen atoms in total. The van der Waals surface area contributed by atoms with Gasteiger partial charge in [0.05, 0.1) is 6.04 Å². The van der Waals surface area contributed by atoms with Crippen molar-refractivity contribution >= 4 is 5.78 Å². The quantitative estimate of drug-likeness (QED) is 0.696. The summed E-state index contributed by atoms with van der Waals surface area (Å²) >= 11 is 0. The molecular formula is C16H15NO. The lowest BCUT2D eigenvalue weighted by atomic mass is 9.99. The van der Waals surface area contributed by atoms with Crippen LogP contribution in [0.25, 0.3) is 11.1 Å². The van der Waals surface area contributed by atoms with Crippen molar-refractivity contribution in [2.45, 2.75) is 19.4 Å². The maximum Gasteiger partial charge on any atom is 0.179 e. The highest BCUT2D eigenvalue weighted by molar-refractivity contribution is 6.00. The molecule has 0 saturated heterocycles. The largest absolute Gasteiger partial charge is 0.321 e. The minimum Gasteiger partial charge on any atom is -0.321 e. The first-order valence-corrected chi connectivity index (χ1v) is 6.18. The number of hydrogen-bond acceptors (Lipinski definition) is 2. The van der Waals surface area contributed by atoms with Crippen molar-refractivity contribution in [3.8, 4) is 11.1 Å². The third kappa shape index (κ3) is 1.66. The first-order chi connectivity index (χ1) is 8.66. The van der Waals surface area contributed by atoms with Gasteiger partial charge in [-0.05, 0) is 41.7 Å². The van der Waals surface area contributed by atoms with Crippen LogP contribution >= 0.6 is 0 Å². The van der Waals surface area contributed by atoms with Crippen LogP contribution in [0.2, 0.25) is 0 Å². The maximum atomic E-state index is 11.9. The highest BCUT2D eigenvalue weighted by Gasteiger charge is 2.20. The van der Waals surface area contributed by atoms with Crippen LogP contribution in [-0.4, -0.2) is 11.8 Å². The summed E-state index contributed by atoms with van der Waals surface area (Å²) in [6.07, 6.45) is 0.908. The molecule has 2 aromatic rings. The first kappa shape index (κ1) is 11.2. The van der Waals surface area contributed by atoms with E-state index in [1.807, 2.05) is 18.2 Å². The van der Waals surface area contributed by atoms with Crippen molar-refractivity contribution in [3.63, 3.8) is 0 Å². The van der Waals surface area contributed by atoms with Crippen molar-refractivity contribution in [1.82, 2.24) is 0 Å². The van der Waals surface area contributed by atoms with Crippen LogP contribution in [-0.2, 0) is 6.42 Å². The van der Waals surface area contributed by atoms with E-state index in [-0.39, 0.29) is 5.78 Å². The highest BCUT2D eigenvalue weighted by atomic mass is 16.1. The van der Waals surface area contributed by atoms with E-state index in [9.17, 15) is 4.79 Å². The molecule has 2 N–H and O–H groups in total. The van der Waals surface area contributed by atoms with E-state index in [2.05, 4.69) is 24.3 Å². The summed E-state index contributed by atoms with van der Waals surface area (Å²) in [5, 5.41) is 0. The Morgan fingerprint density at radius 1 is 1.11 bits per heavy atom. The van der Waals surface area contributed by atoms with Gasteiger partial charge < -0.3 is 5.73 Å². The van der Waals surface area contributed by atoms with E-state index >= 15 is 0 Å². The number of rotatable bonds is 2. The van der Waals surface area contributed by atoms with Crippen molar-refractivity contribution in [2.75, 3.05) is 0 Å². The zero-order valence-electron chi connectivity index (χ0n) is 10.3. The van der Waals surface area contributed by atoms with E-state index in [0.29, 0.717) is 0 Å². The number of carbonyl (C=O) groups excluding carboxylic acids is 1. The lowest BCUT2D eigenvalue weighted by molar-refractivity contribution is 0.0968. The molecule has 90 valence electrons. The second kappa shape index (κ2) is 4.07. The third-order valence-corrected chi connectivity index (χ3v) is 3.49. The van der Waals surface area contributed by atoms with Gasteiger partial charge in [0.2, 0.25) is 0 Å². The normalized spacial score (nSPS) is 13.9. The fourth-order valence-corrected chi connectivity index (χ4v) is 2.56. The van der Waals surface area contributed by atoms with E-state index in [0.717, 1.165) is 12.0 Å². The van der Waals surface area contributed by atoms with Gasteiger partial charge in [-0.1, -0.05) is 36.4 Å². The Morgan fingerprint density at radius 3 is 2.61 bits per heavy atom. The van der Waals surface area contributed by atoms with E-state index in [1.54, 1.807) is 6.92 Å². The van der Waals surface area contributed by atoms with Crippen LogP contribution in [0.15, 0.2) is 42.5 Å². The van der Waals surface area contributed by atoms with Crippen molar-refractivity contribution in [3.05, 3.63) is 59.2 Å². The summed E-state index contributed by atoms with van der Waals surface area (Å²) < 4.78 is 0. The summed E-state index contributed by atoms with van der Waals surface area (Å²) in [6, 6.07) is 13.8. The smallest absolute Gasteiger partial charge is 0.179 e. The minimum atomic E-state index is -0.438. The molecule has 1 aliphatic rings. The molecule has 18 heavy (non-hydrogen) atoms. The van der Waals surface area contributed by atoms with Gasteiger partial charge in [0.1, 0.15) is 0 Å². The van der Waals surface area contributed by atoms with Gasteiger partial charge in [-0.25, -0.2) is 0 Å². The number of benzene rings is 2. The van der Waals surface area contributed by atoms with Crippen molar-refractivity contribution in [1.29, 1.82) is 0 Å². The number of nitrogens with two attached hydrogens (primary N) is 1. The van der Waals surface area contributed by atoms with Crippen molar-refractivity contribution in [2.24, 2.45) is 5.73 Å². The number of Topliss-reactive ketones (excluding diaryl/α,β-unsaturated/α-hetero) is 1. The summed E-state index contributed by atoms with van der Waals surface area (Å²) in [6.45, 7) is 1.73. The molecule has 1 atom stereocenters.